The Hall–Kier alpha value is -2.64. The second-order valence-corrected chi connectivity index (χ2v) is 8.45. The number of benzene rings is 2. The average molecular weight is 444 g/mol. The Bertz CT molecular complexity index is 869. The van der Waals surface area contributed by atoms with Crippen molar-refractivity contribution in [1.82, 2.24) is 5.32 Å². The largest absolute Gasteiger partial charge is 0.494 e. The molecule has 2 aromatic carbocycles. The summed E-state index contributed by atoms with van der Waals surface area (Å²) in [5.41, 5.74) is 1.65. The van der Waals surface area contributed by atoms with Crippen LogP contribution < -0.4 is 10.1 Å². The molecule has 0 bridgehead atoms. The molecular formula is C24H29NO5S. The van der Waals surface area contributed by atoms with Gasteiger partial charge in [0.05, 0.1) is 12.6 Å². The Morgan fingerprint density at radius 1 is 1.06 bits per heavy atom. The van der Waals surface area contributed by atoms with Crippen LogP contribution in [0.5, 0.6) is 5.75 Å². The van der Waals surface area contributed by atoms with Gasteiger partial charge in [0.15, 0.2) is 10.9 Å². The predicted octanol–water partition coefficient (Wildman–Crippen LogP) is 3.90. The predicted molar refractivity (Wildman–Crippen MR) is 122 cm³/mol. The van der Waals surface area contributed by atoms with E-state index in [1.807, 2.05) is 49.4 Å². The van der Waals surface area contributed by atoms with Gasteiger partial charge in [0.25, 0.3) is 0 Å². The molecule has 0 saturated heterocycles. The molecular weight excluding hydrogens is 414 g/mol. The Labute approximate surface area is 187 Å². The molecule has 0 fully saturated rings. The van der Waals surface area contributed by atoms with Gasteiger partial charge < -0.3 is 9.84 Å². The third kappa shape index (κ3) is 7.84. The van der Waals surface area contributed by atoms with Crippen molar-refractivity contribution in [3.63, 3.8) is 0 Å². The number of aliphatic carboxylic acids is 1. The molecule has 2 unspecified atom stereocenters. The topological polar surface area (TPSA) is 92.7 Å². The van der Waals surface area contributed by atoms with Gasteiger partial charge in [-0.25, -0.2) is 0 Å². The van der Waals surface area contributed by atoms with Crippen LogP contribution >= 0.6 is 11.8 Å². The molecule has 7 heteroatoms. The second kappa shape index (κ2) is 12.3. The molecule has 2 rings (SSSR count). The number of Topliss-reactive ketones (excluding diaryl/α,β-unsaturated/α-hetero) is 1. The molecule has 166 valence electrons. The molecule has 0 spiro atoms. The fraction of sp³-hybridized carbons (Fsp3) is 0.375. The van der Waals surface area contributed by atoms with Crippen LogP contribution in [0.3, 0.4) is 0 Å². The molecule has 2 N–H and O–H groups in total. The first-order valence-corrected chi connectivity index (χ1v) is 11.2. The maximum atomic E-state index is 13.6. The van der Waals surface area contributed by atoms with Crippen LogP contribution in [0.4, 0.5) is 0 Å². The van der Waals surface area contributed by atoms with Gasteiger partial charge in [-0.05, 0) is 43.5 Å². The number of carboxylic acid groups (broad SMARTS) is 1. The van der Waals surface area contributed by atoms with E-state index < -0.39 is 24.0 Å². The van der Waals surface area contributed by atoms with Gasteiger partial charge in [0.2, 0.25) is 0 Å². The lowest BCUT2D eigenvalue weighted by Gasteiger charge is -2.25. The summed E-state index contributed by atoms with van der Waals surface area (Å²) < 4.78 is 5.47. The summed E-state index contributed by atoms with van der Waals surface area (Å²) in [5, 5.41) is 12.2. The number of ether oxygens (including phenoxy) is 1. The van der Waals surface area contributed by atoms with Crippen LogP contribution in [0, 0.1) is 5.92 Å². The summed E-state index contributed by atoms with van der Waals surface area (Å²) >= 11 is 1.11. The highest BCUT2D eigenvalue weighted by Gasteiger charge is 2.31. The molecule has 31 heavy (non-hydrogen) atoms. The minimum Gasteiger partial charge on any atom is -0.494 e. The van der Waals surface area contributed by atoms with E-state index in [1.54, 1.807) is 12.1 Å². The molecule has 0 aliphatic heterocycles. The number of carboxylic acids is 1. The first-order chi connectivity index (χ1) is 14.8. The van der Waals surface area contributed by atoms with Crippen molar-refractivity contribution in [3.8, 4) is 5.75 Å². The molecule has 0 saturated carbocycles. The first kappa shape index (κ1) is 24.6. The molecule has 0 amide bonds. The highest BCUT2D eigenvalue weighted by atomic mass is 32.2. The first-order valence-electron chi connectivity index (χ1n) is 10.2. The van der Waals surface area contributed by atoms with Crippen LogP contribution in [-0.4, -0.2) is 40.4 Å². The smallest absolute Gasteiger partial charge is 0.320 e. The number of rotatable bonds is 12. The van der Waals surface area contributed by atoms with Crippen LogP contribution in [0.25, 0.3) is 0 Å². The van der Waals surface area contributed by atoms with Crippen LogP contribution in [0.15, 0.2) is 54.6 Å². The third-order valence-corrected chi connectivity index (χ3v) is 5.79. The number of carbonyl (C=O) groups is 3. The maximum absolute atomic E-state index is 13.6. The number of thioether (sulfide) groups is 1. The van der Waals surface area contributed by atoms with E-state index in [2.05, 4.69) is 5.32 Å². The zero-order valence-corrected chi connectivity index (χ0v) is 18.9. The minimum absolute atomic E-state index is 0.0624. The quantitative estimate of drug-likeness (QED) is 0.514. The highest BCUT2D eigenvalue weighted by Crippen LogP contribution is 2.25. The van der Waals surface area contributed by atoms with Crippen molar-refractivity contribution in [1.29, 1.82) is 0 Å². The fourth-order valence-corrected chi connectivity index (χ4v) is 3.90. The zero-order chi connectivity index (χ0) is 22.8. The minimum atomic E-state index is -1.03. The number of hydrogen-bond acceptors (Lipinski definition) is 6. The van der Waals surface area contributed by atoms with Crippen LogP contribution in [0.2, 0.25) is 0 Å². The second-order valence-electron chi connectivity index (χ2n) is 7.25. The fourth-order valence-electron chi connectivity index (χ4n) is 3.18. The Balaban J connectivity index is 2.30. The van der Waals surface area contributed by atoms with Crippen LogP contribution in [0.1, 0.15) is 37.9 Å². The van der Waals surface area contributed by atoms with Crippen molar-refractivity contribution in [2.75, 3.05) is 12.4 Å². The average Bonchev–Trinajstić information content (AvgIpc) is 2.76. The molecule has 0 radical (unpaired) electrons. The molecule has 3 atom stereocenters. The molecule has 6 nitrogen and oxygen atoms in total. The van der Waals surface area contributed by atoms with Gasteiger partial charge in [0.1, 0.15) is 11.8 Å². The van der Waals surface area contributed by atoms with Crippen molar-refractivity contribution < 1.29 is 24.2 Å². The number of carbonyl (C=O) groups excluding carboxylic acids is 2. The summed E-state index contributed by atoms with van der Waals surface area (Å²) in [7, 11) is 0. The lowest BCUT2D eigenvalue weighted by molar-refractivity contribution is -0.139. The van der Waals surface area contributed by atoms with E-state index in [-0.39, 0.29) is 10.9 Å². The number of nitrogens with one attached hydrogen (secondary N) is 1. The highest BCUT2D eigenvalue weighted by molar-refractivity contribution is 8.13. The Kier molecular flexibility index (Phi) is 9.75. The molecule has 0 aliphatic rings. The van der Waals surface area contributed by atoms with Crippen molar-refractivity contribution in [2.24, 2.45) is 5.92 Å². The number of hydrogen-bond donors (Lipinski definition) is 2. The maximum Gasteiger partial charge on any atom is 0.320 e. The lowest BCUT2D eigenvalue weighted by Crippen LogP contribution is -2.42. The van der Waals surface area contributed by atoms with Gasteiger partial charge in [-0.15, -0.1) is 0 Å². The Morgan fingerprint density at radius 2 is 1.71 bits per heavy atom. The number of ketones is 1. The zero-order valence-electron chi connectivity index (χ0n) is 18.0. The molecule has 0 aromatic heterocycles. The van der Waals surface area contributed by atoms with E-state index in [0.717, 1.165) is 23.1 Å². The van der Waals surface area contributed by atoms with Crippen molar-refractivity contribution in [2.45, 2.75) is 39.3 Å². The van der Waals surface area contributed by atoms with Crippen molar-refractivity contribution in [3.05, 3.63) is 65.7 Å². The van der Waals surface area contributed by atoms with E-state index >= 15 is 0 Å². The van der Waals surface area contributed by atoms with Gasteiger partial charge in [-0.1, -0.05) is 54.2 Å². The lowest BCUT2D eigenvalue weighted by atomic mass is 9.89. The van der Waals surface area contributed by atoms with Gasteiger partial charge in [0, 0.05) is 18.6 Å². The van der Waals surface area contributed by atoms with E-state index in [9.17, 15) is 19.5 Å². The standard InChI is InChI=1S/C24H29NO5S/c1-4-30-21-12-10-18(11-13-21)14-20(15-31-17(3)26)23(27)22(25-16(2)24(28)29)19-8-6-5-7-9-19/h5-13,16,20,22,25H,4,14-15H2,1-3H3,(H,28,29)/t16?,20-,22?/m1/s1. The van der Waals surface area contributed by atoms with Crippen LogP contribution in [-0.2, 0) is 20.8 Å². The Morgan fingerprint density at radius 3 is 2.26 bits per heavy atom. The van der Waals surface area contributed by atoms with Gasteiger partial charge >= 0.3 is 5.97 Å². The van der Waals surface area contributed by atoms with E-state index in [4.69, 9.17) is 4.74 Å². The summed E-state index contributed by atoms with van der Waals surface area (Å²) in [4.78, 5) is 36.6. The monoisotopic (exact) mass is 443 g/mol. The van der Waals surface area contributed by atoms with E-state index in [0.29, 0.717) is 24.3 Å². The SMILES string of the molecule is CCOc1ccc(C[C@H](CSC(C)=O)C(=O)C(NC(C)C(=O)O)c2ccccc2)cc1. The molecule has 2 aromatic rings. The summed E-state index contributed by atoms with van der Waals surface area (Å²) in [5.74, 6) is -0.554. The molecule has 0 heterocycles. The molecule has 0 aliphatic carbocycles. The van der Waals surface area contributed by atoms with Gasteiger partial charge in [-0.3, -0.25) is 19.7 Å². The van der Waals surface area contributed by atoms with Crippen molar-refractivity contribution >= 4 is 28.6 Å². The van der Waals surface area contributed by atoms with Gasteiger partial charge in [-0.2, -0.15) is 0 Å². The third-order valence-electron chi connectivity index (χ3n) is 4.81. The van der Waals surface area contributed by atoms with E-state index in [1.165, 1.54) is 13.8 Å². The normalized spacial score (nSPS) is 13.8. The summed E-state index contributed by atoms with van der Waals surface area (Å²) in [6.45, 7) is 5.47. The summed E-state index contributed by atoms with van der Waals surface area (Å²) in [6, 6.07) is 14.9. The summed E-state index contributed by atoms with van der Waals surface area (Å²) in [6.07, 6.45) is 0.442.